The van der Waals surface area contributed by atoms with E-state index in [0.29, 0.717) is 4.88 Å². The van der Waals surface area contributed by atoms with Gasteiger partial charge in [-0.2, -0.15) is 8.78 Å². The molecule has 0 aliphatic heterocycles. The van der Waals surface area contributed by atoms with Crippen LogP contribution in [0.25, 0.3) is 0 Å². The molecule has 24 heavy (non-hydrogen) atoms. The molecule has 1 heterocycles. The van der Waals surface area contributed by atoms with Gasteiger partial charge in [0.1, 0.15) is 10.6 Å². The lowest BCUT2D eigenvalue weighted by atomic mass is 10.1. The van der Waals surface area contributed by atoms with E-state index in [9.17, 15) is 18.4 Å². The molecule has 0 unspecified atom stereocenters. The van der Waals surface area contributed by atoms with E-state index in [1.807, 2.05) is 0 Å². The van der Waals surface area contributed by atoms with E-state index in [2.05, 4.69) is 5.32 Å². The molecule has 0 saturated heterocycles. The van der Waals surface area contributed by atoms with Gasteiger partial charge in [-0.05, 0) is 31.2 Å². The Hall–Kier alpha value is -2.48. The highest BCUT2D eigenvalue weighted by atomic mass is 32.1. The zero-order valence-corrected chi connectivity index (χ0v) is 13.5. The number of halogens is 2. The Morgan fingerprint density at radius 1 is 1.25 bits per heavy atom. The quantitative estimate of drug-likeness (QED) is 0.799. The summed E-state index contributed by atoms with van der Waals surface area (Å²) in [5.41, 5.74) is -0.512. The first-order valence-corrected chi connectivity index (χ1v) is 7.88. The number of ether oxygens (including phenoxy) is 1. The first-order chi connectivity index (χ1) is 11.4. The van der Waals surface area contributed by atoms with Gasteiger partial charge < -0.3 is 15.2 Å². The van der Waals surface area contributed by atoms with E-state index in [0.717, 1.165) is 17.4 Å². The molecule has 8 heteroatoms. The minimum absolute atomic E-state index is 0.0514. The van der Waals surface area contributed by atoms with Crippen molar-refractivity contribution in [3.63, 3.8) is 0 Å². The summed E-state index contributed by atoms with van der Waals surface area (Å²) in [6, 6.07) is 8.29. The van der Waals surface area contributed by atoms with Crippen molar-refractivity contribution >= 4 is 23.2 Å². The number of carboxylic acids is 1. The van der Waals surface area contributed by atoms with Crippen LogP contribution in [-0.4, -0.2) is 23.6 Å². The molecular formula is C16H15F2NO4S. The zero-order valence-electron chi connectivity index (χ0n) is 12.7. The number of hydrogen-bond acceptors (Lipinski definition) is 4. The molecule has 0 aliphatic rings. The van der Waals surface area contributed by atoms with Gasteiger partial charge in [-0.15, -0.1) is 11.3 Å². The molecule has 0 atom stereocenters. The van der Waals surface area contributed by atoms with E-state index in [4.69, 9.17) is 9.84 Å². The minimum Gasteiger partial charge on any atom is -0.493 e. The van der Waals surface area contributed by atoms with E-state index in [1.165, 1.54) is 24.3 Å². The number of carbonyl (C=O) groups is 2. The van der Waals surface area contributed by atoms with E-state index in [1.54, 1.807) is 13.0 Å². The van der Waals surface area contributed by atoms with Gasteiger partial charge in [0, 0.05) is 4.88 Å². The summed E-state index contributed by atoms with van der Waals surface area (Å²) in [6.07, 6.45) is 0. The van der Waals surface area contributed by atoms with Gasteiger partial charge in [0.15, 0.2) is 0 Å². The lowest BCUT2D eigenvalue weighted by Gasteiger charge is -2.19. The number of benzene rings is 1. The maximum Gasteiger partial charge on any atom is 0.353 e. The molecule has 1 aromatic heterocycles. The van der Waals surface area contributed by atoms with Crippen molar-refractivity contribution in [3.05, 3.63) is 51.7 Å². The summed E-state index contributed by atoms with van der Waals surface area (Å²) in [6.45, 7) is 1.68. The first-order valence-electron chi connectivity index (χ1n) is 7.06. The van der Waals surface area contributed by atoms with Gasteiger partial charge in [0.05, 0.1) is 18.7 Å². The zero-order chi connectivity index (χ0) is 17.7. The predicted molar refractivity (Wildman–Crippen MR) is 84.6 cm³/mol. The molecule has 0 fully saturated rings. The summed E-state index contributed by atoms with van der Waals surface area (Å²) in [4.78, 5) is 23.2. The predicted octanol–water partition coefficient (Wildman–Crippen LogP) is 3.25. The summed E-state index contributed by atoms with van der Waals surface area (Å²) >= 11 is 0.917. The third-order valence-corrected chi connectivity index (χ3v) is 4.18. The smallest absolute Gasteiger partial charge is 0.353 e. The normalized spacial score (nSPS) is 11.1. The molecule has 1 amide bonds. The van der Waals surface area contributed by atoms with E-state index in [-0.39, 0.29) is 23.8 Å². The van der Waals surface area contributed by atoms with Gasteiger partial charge in [-0.3, -0.25) is 4.79 Å². The Bertz CT molecular complexity index is 745. The Balaban J connectivity index is 2.11. The first kappa shape index (κ1) is 17.9. The van der Waals surface area contributed by atoms with Crippen LogP contribution in [0.1, 0.15) is 27.0 Å². The fraction of sp³-hybridized carbons (Fsp3) is 0.250. The van der Waals surface area contributed by atoms with Gasteiger partial charge in [-0.1, -0.05) is 12.1 Å². The average molecular weight is 355 g/mol. The SMILES string of the molecule is CCOc1ccccc1C(F)(F)C(=O)NCc1ccc(C(=O)O)s1. The van der Waals surface area contributed by atoms with Crippen molar-refractivity contribution in [3.8, 4) is 5.75 Å². The molecule has 0 spiro atoms. The highest BCUT2D eigenvalue weighted by Gasteiger charge is 2.43. The van der Waals surface area contributed by atoms with Gasteiger partial charge in [-0.25, -0.2) is 4.79 Å². The Labute approximate surface area is 140 Å². The van der Waals surface area contributed by atoms with Crippen molar-refractivity contribution in [2.45, 2.75) is 19.4 Å². The van der Waals surface area contributed by atoms with Crippen molar-refractivity contribution in [1.82, 2.24) is 5.32 Å². The maximum absolute atomic E-state index is 14.4. The van der Waals surface area contributed by atoms with Gasteiger partial charge >= 0.3 is 11.9 Å². The summed E-state index contributed by atoms with van der Waals surface area (Å²) in [5.74, 6) is -6.39. The lowest BCUT2D eigenvalue weighted by Crippen LogP contribution is -2.37. The fourth-order valence-corrected chi connectivity index (χ4v) is 2.78. The Kier molecular flexibility index (Phi) is 5.50. The van der Waals surface area contributed by atoms with Crippen molar-refractivity contribution in [1.29, 1.82) is 0 Å². The van der Waals surface area contributed by atoms with Gasteiger partial charge in [0.25, 0.3) is 5.91 Å². The number of hydrogen-bond donors (Lipinski definition) is 2. The second kappa shape index (κ2) is 7.39. The molecule has 0 radical (unpaired) electrons. The Morgan fingerprint density at radius 3 is 2.58 bits per heavy atom. The van der Waals surface area contributed by atoms with Crippen LogP contribution < -0.4 is 10.1 Å². The van der Waals surface area contributed by atoms with E-state index >= 15 is 0 Å². The molecule has 0 saturated carbocycles. The van der Waals surface area contributed by atoms with Crippen molar-refractivity contribution < 1.29 is 28.2 Å². The molecule has 0 bridgehead atoms. The number of carboxylic acid groups (broad SMARTS) is 1. The highest BCUT2D eigenvalue weighted by Crippen LogP contribution is 2.35. The van der Waals surface area contributed by atoms with Crippen LogP contribution in [-0.2, 0) is 17.3 Å². The number of carbonyl (C=O) groups excluding carboxylic acids is 1. The van der Waals surface area contributed by atoms with Crippen LogP contribution >= 0.6 is 11.3 Å². The molecule has 2 aromatic rings. The minimum atomic E-state index is -3.77. The number of amides is 1. The molecule has 128 valence electrons. The third-order valence-electron chi connectivity index (χ3n) is 3.11. The van der Waals surface area contributed by atoms with Crippen molar-refractivity contribution in [2.75, 3.05) is 6.61 Å². The fourth-order valence-electron chi connectivity index (χ4n) is 2.00. The second-order valence-electron chi connectivity index (χ2n) is 4.76. The number of thiophene rings is 1. The number of alkyl halides is 2. The topological polar surface area (TPSA) is 75.6 Å². The maximum atomic E-state index is 14.4. The number of para-hydroxylation sites is 1. The third kappa shape index (κ3) is 3.88. The largest absolute Gasteiger partial charge is 0.493 e. The second-order valence-corrected chi connectivity index (χ2v) is 5.93. The molecular weight excluding hydrogens is 340 g/mol. The van der Waals surface area contributed by atoms with Crippen LogP contribution in [0.4, 0.5) is 8.78 Å². The van der Waals surface area contributed by atoms with Crippen LogP contribution in [0.15, 0.2) is 36.4 Å². The number of aromatic carboxylic acids is 1. The standard InChI is InChI=1S/C16H15F2NO4S/c1-2-23-12-6-4-3-5-11(12)16(17,18)15(22)19-9-10-7-8-13(24-10)14(20)21/h3-8H,2,9H2,1H3,(H,19,22)(H,20,21). The number of nitrogens with one attached hydrogen (secondary N) is 1. The van der Waals surface area contributed by atoms with E-state index < -0.39 is 23.4 Å². The average Bonchev–Trinajstić information content (AvgIpc) is 3.02. The summed E-state index contributed by atoms with van der Waals surface area (Å²) in [7, 11) is 0. The van der Waals surface area contributed by atoms with Crippen LogP contribution in [0.5, 0.6) is 5.75 Å². The number of rotatable bonds is 7. The molecule has 5 nitrogen and oxygen atoms in total. The summed E-state index contributed by atoms with van der Waals surface area (Å²) < 4.78 is 33.9. The monoisotopic (exact) mass is 355 g/mol. The van der Waals surface area contributed by atoms with Crippen LogP contribution in [0.2, 0.25) is 0 Å². The van der Waals surface area contributed by atoms with Crippen LogP contribution in [0, 0.1) is 0 Å². The van der Waals surface area contributed by atoms with Gasteiger partial charge in [0.2, 0.25) is 0 Å². The molecule has 2 N–H and O–H groups in total. The Morgan fingerprint density at radius 2 is 1.96 bits per heavy atom. The molecule has 2 rings (SSSR count). The van der Waals surface area contributed by atoms with Crippen LogP contribution in [0.3, 0.4) is 0 Å². The molecule has 1 aromatic carbocycles. The highest BCUT2D eigenvalue weighted by molar-refractivity contribution is 7.13. The molecule has 0 aliphatic carbocycles. The lowest BCUT2D eigenvalue weighted by molar-refractivity contribution is -0.147. The van der Waals surface area contributed by atoms with Crippen molar-refractivity contribution in [2.24, 2.45) is 0 Å². The summed E-state index contributed by atoms with van der Waals surface area (Å²) in [5, 5.41) is 11.0.